The molecule has 0 radical (unpaired) electrons. The number of halogens is 2. The summed E-state index contributed by atoms with van der Waals surface area (Å²) in [5.41, 5.74) is 0. The van der Waals surface area contributed by atoms with Crippen LogP contribution >= 0.6 is 11.6 Å². The van der Waals surface area contributed by atoms with E-state index >= 15 is 0 Å². The molecule has 0 saturated heterocycles. The van der Waals surface area contributed by atoms with Crippen molar-refractivity contribution in [1.29, 1.82) is 0 Å². The van der Waals surface area contributed by atoms with Gasteiger partial charge in [0, 0.05) is 19.1 Å². The fourth-order valence-corrected chi connectivity index (χ4v) is 2.41. The van der Waals surface area contributed by atoms with Crippen LogP contribution in [0.4, 0.5) is 4.39 Å². The molecular weight excluding hydrogens is 269 g/mol. The summed E-state index contributed by atoms with van der Waals surface area (Å²) in [5.74, 6) is -0.316. The summed E-state index contributed by atoms with van der Waals surface area (Å²) in [6.45, 7) is 2.73. The summed E-state index contributed by atoms with van der Waals surface area (Å²) < 4.78 is 25.1. The largest absolute Gasteiger partial charge is 0.483 e. The fraction of sp³-hybridized carbons (Fsp3) is 0.571. The Morgan fingerprint density at radius 3 is 2.89 bits per heavy atom. The summed E-state index contributed by atoms with van der Waals surface area (Å²) in [7, 11) is 1.89. The molecule has 0 amide bonds. The van der Waals surface area contributed by atoms with E-state index in [1.54, 1.807) is 12.1 Å². The minimum Gasteiger partial charge on any atom is -0.483 e. The first kappa shape index (κ1) is 14.6. The highest BCUT2D eigenvalue weighted by molar-refractivity contribution is 6.32. The van der Waals surface area contributed by atoms with E-state index in [-0.39, 0.29) is 24.0 Å². The molecule has 1 aromatic rings. The molecule has 19 heavy (non-hydrogen) atoms. The topological polar surface area (TPSA) is 30.5 Å². The SMILES string of the molecule is CCCOC1C(NC)CC1Oc1c(F)cccc1Cl. The van der Waals surface area contributed by atoms with Crippen LogP contribution in [-0.4, -0.2) is 31.9 Å². The first-order valence-electron chi connectivity index (χ1n) is 6.57. The van der Waals surface area contributed by atoms with Crippen LogP contribution in [0.1, 0.15) is 19.8 Å². The Balaban J connectivity index is 2.02. The molecule has 3 nitrogen and oxygen atoms in total. The Labute approximate surface area is 118 Å². The molecule has 1 aliphatic rings. The highest BCUT2D eigenvalue weighted by Crippen LogP contribution is 2.34. The predicted octanol–water partition coefficient (Wildman–Crippen LogP) is 3.01. The van der Waals surface area contributed by atoms with Crippen LogP contribution in [0.2, 0.25) is 5.02 Å². The first-order valence-corrected chi connectivity index (χ1v) is 6.94. The van der Waals surface area contributed by atoms with Crippen LogP contribution in [0.25, 0.3) is 0 Å². The van der Waals surface area contributed by atoms with Crippen molar-refractivity contribution in [3.05, 3.63) is 29.0 Å². The Hall–Kier alpha value is -0.840. The van der Waals surface area contributed by atoms with Crippen molar-refractivity contribution < 1.29 is 13.9 Å². The van der Waals surface area contributed by atoms with E-state index in [0.29, 0.717) is 11.6 Å². The summed E-state index contributed by atoms with van der Waals surface area (Å²) in [4.78, 5) is 0. The minimum atomic E-state index is -0.436. The number of para-hydroxylation sites is 1. The molecule has 1 aliphatic carbocycles. The van der Waals surface area contributed by atoms with Gasteiger partial charge in [0.05, 0.1) is 5.02 Å². The van der Waals surface area contributed by atoms with Gasteiger partial charge in [-0.1, -0.05) is 24.6 Å². The number of hydrogen-bond donors (Lipinski definition) is 1. The average Bonchev–Trinajstić information content (AvgIpc) is 2.37. The van der Waals surface area contributed by atoms with Gasteiger partial charge in [0.25, 0.3) is 0 Å². The maximum atomic E-state index is 13.7. The summed E-state index contributed by atoms with van der Waals surface area (Å²) in [6.07, 6.45) is 1.52. The smallest absolute Gasteiger partial charge is 0.174 e. The minimum absolute atomic E-state index is 0.0550. The number of nitrogens with one attached hydrogen (secondary N) is 1. The molecule has 5 heteroatoms. The number of rotatable bonds is 6. The van der Waals surface area contributed by atoms with Gasteiger partial charge in [-0.15, -0.1) is 0 Å². The van der Waals surface area contributed by atoms with E-state index in [9.17, 15) is 4.39 Å². The molecule has 3 unspecified atom stereocenters. The van der Waals surface area contributed by atoms with Gasteiger partial charge in [0.1, 0.15) is 12.2 Å². The number of likely N-dealkylation sites (N-methyl/N-ethyl adjacent to an activating group) is 1. The lowest BCUT2D eigenvalue weighted by Gasteiger charge is -2.43. The van der Waals surface area contributed by atoms with Crippen molar-refractivity contribution in [1.82, 2.24) is 5.32 Å². The monoisotopic (exact) mass is 287 g/mol. The van der Waals surface area contributed by atoms with E-state index < -0.39 is 5.82 Å². The molecular formula is C14H19ClFNO2. The molecule has 1 saturated carbocycles. The van der Waals surface area contributed by atoms with Crippen molar-refractivity contribution in [3.8, 4) is 5.75 Å². The van der Waals surface area contributed by atoms with Gasteiger partial charge in [0.15, 0.2) is 11.6 Å². The van der Waals surface area contributed by atoms with Crippen LogP contribution < -0.4 is 10.1 Å². The summed E-state index contributed by atoms with van der Waals surface area (Å²) in [6, 6.07) is 4.78. The van der Waals surface area contributed by atoms with Crippen LogP contribution in [0.15, 0.2) is 18.2 Å². The number of hydrogen-bond acceptors (Lipinski definition) is 3. The number of ether oxygens (including phenoxy) is 2. The molecule has 0 heterocycles. The first-order chi connectivity index (χ1) is 9.17. The van der Waals surface area contributed by atoms with E-state index in [1.807, 2.05) is 7.05 Å². The van der Waals surface area contributed by atoms with E-state index in [1.165, 1.54) is 6.07 Å². The van der Waals surface area contributed by atoms with Gasteiger partial charge in [0.2, 0.25) is 0 Å². The Kier molecular flexibility index (Phi) is 5.02. The zero-order valence-corrected chi connectivity index (χ0v) is 11.9. The van der Waals surface area contributed by atoms with E-state index in [2.05, 4.69) is 12.2 Å². The molecule has 0 bridgehead atoms. The van der Waals surface area contributed by atoms with E-state index in [0.717, 1.165) is 12.8 Å². The zero-order valence-electron chi connectivity index (χ0n) is 11.2. The van der Waals surface area contributed by atoms with Gasteiger partial charge in [-0.3, -0.25) is 0 Å². The van der Waals surface area contributed by atoms with Gasteiger partial charge in [-0.2, -0.15) is 0 Å². The van der Waals surface area contributed by atoms with Crippen molar-refractivity contribution in [2.24, 2.45) is 0 Å². The zero-order chi connectivity index (χ0) is 13.8. The highest BCUT2D eigenvalue weighted by atomic mass is 35.5. The second-order valence-electron chi connectivity index (χ2n) is 4.67. The van der Waals surface area contributed by atoms with Gasteiger partial charge in [-0.25, -0.2) is 4.39 Å². The Morgan fingerprint density at radius 2 is 2.26 bits per heavy atom. The summed E-state index contributed by atoms with van der Waals surface area (Å²) in [5, 5.41) is 3.47. The van der Waals surface area contributed by atoms with Crippen molar-refractivity contribution in [2.75, 3.05) is 13.7 Å². The van der Waals surface area contributed by atoms with Crippen LogP contribution in [0, 0.1) is 5.82 Å². The molecule has 1 N–H and O–H groups in total. The lowest BCUT2D eigenvalue weighted by molar-refractivity contribution is -0.107. The van der Waals surface area contributed by atoms with Crippen LogP contribution in [0.3, 0.4) is 0 Å². The van der Waals surface area contributed by atoms with Crippen LogP contribution in [0.5, 0.6) is 5.75 Å². The van der Waals surface area contributed by atoms with Gasteiger partial charge >= 0.3 is 0 Å². The molecule has 106 valence electrons. The van der Waals surface area contributed by atoms with E-state index in [4.69, 9.17) is 21.1 Å². The molecule has 3 atom stereocenters. The third kappa shape index (κ3) is 3.19. The normalized spacial score (nSPS) is 26.0. The van der Waals surface area contributed by atoms with Gasteiger partial charge in [-0.05, 0) is 25.6 Å². The maximum absolute atomic E-state index is 13.7. The fourth-order valence-electron chi connectivity index (χ4n) is 2.20. The third-order valence-corrected chi connectivity index (χ3v) is 3.62. The average molecular weight is 288 g/mol. The summed E-state index contributed by atoms with van der Waals surface area (Å²) >= 11 is 5.96. The molecule has 1 aromatic carbocycles. The van der Waals surface area contributed by atoms with Gasteiger partial charge < -0.3 is 14.8 Å². The molecule has 0 aromatic heterocycles. The molecule has 1 fully saturated rings. The van der Waals surface area contributed by atoms with Crippen LogP contribution in [-0.2, 0) is 4.74 Å². The van der Waals surface area contributed by atoms with Crippen molar-refractivity contribution >= 4 is 11.6 Å². The lowest BCUT2D eigenvalue weighted by atomic mass is 9.85. The van der Waals surface area contributed by atoms with Crippen molar-refractivity contribution in [2.45, 2.75) is 38.0 Å². The lowest BCUT2D eigenvalue weighted by Crippen LogP contribution is -2.60. The standard InChI is InChI=1S/C14H19ClFNO2/c1-3-7-18-14-11(17-2)8-12(14)19-13-9(15)5-4-6-10(13)16/h4-6,11-12,14,17H,3,7-8H2,1-2H3. The Bertz CT molecular complexity index is 410. The Morgan fingerprint density at radius 1 is 1.47 bits per heavy atom. The molecule has 2 rings (SSSR count). The quantitative estimate of drug-likeness (QED) is 0.872. The van der Waals surface area contributed by atoms with Crippen molar-refractivity contribution in [3.63, 3.8) is 0 Å². The molecule has 0 spiro atoms. The molecule has 0 aliphatic heterocycles. The number of benzene rings is 1. The maximum Gasteiger partial charge on any atom is 0.174 e. The second-order valence-corrected chi connectivity index (χ2v) is 5.08. The third-order valence-electron chi connectivity index (χ3n) is 3.32. The highest BCUT2D eigenvalue weighted by Gasteiger charge is 2.43. The predicted molar refractivity (Wildman–Crippen MR) is 73.3 cm³/mol. The second kappa shape index (κ2) is 6.55.